The molecule has 1 fully saturated rings. The Hall–Kier alpha value is -1.05. The quantitative estimate of drug-likeness (QED) is 0.710. The molecule has 0 aromatic rings. The van der Waals surface area contributed by atoms with Crippen LogP contribution in [0, 0.1) is 17.8 Å². The van der Waals surface area contributed by atoms with Gasteiger partial charge in [0.05, 0.1) is 5.57 Å². The maximum Gasteiger partial charge on any atom is 0.338 e. The second-order valence-corrected chi connectivity index (χ2v) is 6.41. The average Bonchev–Trinajstić information content (AvgIpc) is 2.39. The van der Waals surface area contributed by atoms with Gasteiger partial charge in [0, 0.05) is 0 Å². The number of hydrogen-bond acceptors (Lipinski definition) is 2. The van der Waals surface area contributed by atoms with Gasteiger partial charge in [0.2, 0.25) is 0 Å². The van der Waals surface area contributed by atoms with Crippen LogP contribution < -0.4 is 0 Å². The van der Waals surface area contributed by atoms with E-state index in [1.165, 1.54) is 12.8 Å². The number of esters is 1. The van der Waals surface area contributed by atoms with Crippen molar-refractivity contribution in [2.75, 3.05) is 0 Å². The molecule has 0 saturated heterocycles. The van der Waals surface area contributed by atoms with Crippen LogP contribution in [0.3, 0.4) is 0 Å². The van der Waals surface area contributed by atoms with Crippen LogP contribution in [0.1, 0.15) is 52.9 Å². The molecule has 0 heterocycles. The Morgan fingerprint density at radius 1 is 1.32 bits per heavy atom. The van der Waals surface area contributed by atoms with Gasteiger partial charge in [-0.05, 0) is 43.4 Å². The van der Waals surface area contributed by atoms with E-state index in [1.54, 1.807) is 0 Å². The van der Waals surface area contributed by atoms with E-state index in [2.05, 4.69) is 26.8 Å². The van der Waals surface area contributed by atoms with Crippen molar-refractivity contribution in [2.45, 2.75) is 59.0 Å². The average molecular weight is 262 g/mol. The Kier molecular flexibility index (Phi) is 4.84. The van der Waals surface area contributed by atoms with Crippen LogP contribution in [0.5, 0.6) is 0 Å². The van der Waals surface area contributed by atoms with Gasteiger partial charge in [0.15, 0.2) is 0 Å². The lowest BCUT2D eigenvalue weighted by Crippen LogP contribution is -2.36. The van der Waals surface area contributed by atoms with Gasteiger partial charge in [-0.15, -0.1) is 0 Å². The summed E-state index contributed by atoms with van der Waals surface area (Å²) in [7, 11) is 0. The molecule has 3 atom stereocenters. The van der Waals surface area contributed by atoms with Crippen molar-refractivity contribution in [3.63, 3.8) is 0 Å². The van der Waals surface area contributed by atoms with Gasteiger partial charge in [-0.3, -0.25) is 0 Å². The number of carbonyl (C=O) groups is 1. The molecule has 0 aliphatic heterocycles. The smallest absolute Gasteiger partial charge is 0.338 e. The zero-order chi connectivity index (χ0) is 13.8. The molecule has 0 aromatic heterocycles. The summed E-state index contributed by atoms with van der Waals surface area (Å²) in [5, 5.41) is 0. The van der Waals surface area contributed by atoms with Gasteiger partial charge in [0.1, 0.15) is 6.10 Å². The van der Waals surface area contributed by atoms with Crippen molar-refractivity contribution >= 4 is 5.97 Å². The van der Waals surface area contributed by atoms with E-state index in [0.717, 1.165) is 24.8 Å². The lowest BCUT2D eigenvalue weighted by Gasteiger charge is -2.36. The Labute approximate surface area is 116 Å². The summed E-state index contributed by atoms with van der Waals surface area (Å²) < 4.78 is 5.82. The molecule has 2 nitrogen and oxygen atoms in total. The lowest BCUT2D eigenvalue weighted by atomic mass is 9.75. The van der Waals surface area contributed by atoms with Gasteiger partial charge < -0.3 is 4.74 Å². The van der Waals surface area contributed by atoms with Crippen LogP contribution in [0.15, 0.2) is 23.8 Å². The molecule has 3 unspecified atom stereocenters. The lowest BCUT2D eigenvalue weighted by molar-refractivity contribution is -0.150. The SMILES string of the molecule is CC1CCC(C(C)C)C(OC(=O)C2=CCCC=C2)C1. The van der Waals surface area contributed by atoms with Crippen molar-refractivity contribution in [2.24, 2.45) is 17.8 Å². The highest BCUT2D eigenvalue weighted by Gasteiger charge is 2.33. The highest BCUT2D eigenvalue weighted by molar-refractivity contribution is 5.91. The van der Waals surface area contributed by atoms with Crippen LogP contribution in [-0.4, -0.2) is 12.1 Å². The molecule has 0 N–H and O–H groups in total. The minimum atomic E-state index is -0.124. The summed E-state index contributed by atoms with van der Waals surface area (Å²) in [6.07, 6.45) is 11.5. The standard InChI is InChI=1S/C17H26O2/c1-12(2)15-10-9-13(3)11-16(15)19-17(18)14-7-5-4-6-8-14/h5,7-8,12-13,15-16H,4,6,9-11H2,1-3H3. The van der Waals surface area contributed by atoms with E-state index >= 15 is 0 Å². The molecule has 2 aliphatic carbocycles. The summed E-state index contributed by atoms with van der Waals surface area (Å²) in [5.41, 5.74) is 0.743. The van der Waals surface area contributed by atoms with Gasteiger partial charge in [-0.25, -0.2) is 4.79 Å². The first-order valence-corrected chi connectivity index (χ1v) is 7.65. The molecule has 106 valence electrons. The first-order valence-electron chi connectivity index (χ1n) is 7.65. The van der Waals surface area contributed by atoms with E-state index < -0.39 is 0 Å². The fraction of sp³-hybridized carbons (Fsp3) is 0.706. The zero-order valence-electron chi connectivity index (χ0n) is 12.4. The Balaban J connectivity index is 2.00. The van der Waals surface area contributed by atoms with Gasteiger partial charge in [-0.1, -0.05) is 45.4 Å². The van der Waals surface area contributed by atoms with Crippen molar-refractivity contribution in [1.82, 2.24) is 0 Å². The molecule has 2 heteroatoms. The first kappa shape index (κ1) is 14.4. The molecule has 0 amide bonds. The molecule has 2 rings (SSSR count). The van der Waals surface area contributed by atoms with Crippen LogP contribution in [0.2, 0.25) is 0 Å². The predicted molar refractivity (Wildman–Crippen MR) is 77.7 cm³/mol. The number of rotatable bonds is 3. The molecular weight excluding hydrogens is 236 g/mol. The largest absolute Gasteiger partial charge is 0.458 e. The monoisotopic (exact) mass is 262 g/mol. The van der Waals surface area contributed by atoms with Crippen molar-refractivity contribution in [3.8, 4) is 0 Å². The van der Waals surface area contributed by atoms with E-state index in [9.17, 15) is 4.79 Å². The molecule has 2 aliphatic rings. The maximum atomic E-state index is 12.2. The fourth-order valence-electron chi connectivity index (χ4n) is 3.22. The Morgan fingerprint density at radius 2 is 2.11 bits per heavy atom. The number of ether oxygens (including phenoxy) is 1. The highest BCUT2D eigenvalue weighted by Crippen LogP contribution is 2.35. The Morgan fingerprint density at radius 3 is 2.74 bits per heavy atom. The third kappa shape index (κ3) is 3.71. The second-order valence-electron chi connectivity index (χ2n) is 6.41. The molecule has 19 heavy (non-hydrogen) atoms. The normalized spacial score (nSPS) is 31.2. The Bertz CT molecular complexity index is 379. The summed E-state index contributed by atoms with van der Waals surface area (Å²) in [6.45, 7) is 6.74. The molecular formula is C17H26O2. The van der Waals surface area contributed by atoms with Gasteiger partial charge in [-0.2, -0.15) is 0 Å². The highest BCUT2D eigenvalue weighted by atomic mass is 16.5. The summed E-state index contributed by atoms with van der Waals surface area (Å²) in [4.78, 5) is 12.2. The van der Waals surface area contributed by atoms with Crippen LogP contribution in [-0.2, 0) is 9.53 Å². The second kappa shape index (κ2) is 6.40. The third-order valence-electron chi connectivity index (χ3n) is 4.45. The van der Waals surface area contributed by atoms with Gasteiger partial charge in [0.25, 0.3) is 0 Å². The first-order chi connectivity index (χ1) is 9.08. The van der Waals surface area contributed by atoms with E-state index in [-0.39, 0.29) is 12.1 Å². The van der Waals surface area contributed by atoms with E-state index in [4.69, 9.17) is 4.74 Å². The predicted octanol–water partition coefficient (Wildman–Crippen LogP) is 4.27. The van der Waals surface area contributed by atoms with Crippen LogP contribution >= 0.6 is 0 Å². The minimum absolute atomic E-state index is 0.104. The summed E-state index contributed by atoms with van der Waals surface area (Å²) in [6, 6.07) is 0. The van der Waals surface area contributed by atoms with Crippen molar-refractivity contribution < 1.29 is 9.53 Å². The molecule has 0 aromatic carbocycles. The van der Waals surface area contributed by atoms with E-state index in [1.807, 2.05) is 12.2 Å². The van der Waals surface area contributed by atoms with Gasteiger partial charge >= 0.3 is 5.97 Å². The number of allylic oxidation sites excluding steroid dienone is 2. The topological polar surface area (TPSA) is 26.3 Å². The maximum absolute atomic E-state index is 12.2. The van der Waals surface area contributed by atoms with Crippen molar-refractivity contribution in [3.05, 3.63) is 23.8 Å². The fourth-order valence-corrected chi connectivity index (χ4v) is 3.22. The summed E-state index contributed by atoms with van der Waals surface area (Å²) in [5.74, 6) is 1.65. The molecule has 0 radical (unpaired) electrons. The molecule has 1 saturated carbocycles. The van der Waals surface area contributed by atoms with Crippen LogP contribution in [0.25, 0.3) is 0 Å². The molecule has 0 spiro atoms. The third-order valence-corrected chi connectivity index (χ3v) is 4.45. The minimum Gasteiger partial charge on any atom is -0.458 e. The van der Waals surface area contributed by atoms with Crippen LogP contribution in [0.4, 0.5) is 0 Å². The number of hydrogen-bond donors (Lipinski definition) is 0. The van der Waals surface area contributed by atoms with Crippen molar-refractivity contribution in [1.29, 1.82) is 0 Å². The summed E-state index contributed by atoms with van der Waals surface area (Å²) >= 11 is 0. The zero-order valence-corrected chi connectivity index (χ0v) is 12.4. The number of carbonyl (C=O) groups excluding carboxylic acids is 1. The van der Waals surface area contributed by atoms with E-state index in [0.29, 0.717) is 17.8 Å². The molecule has 0 bridgehead atoms.